The maximum atomic E-state index is 5.39. The number of fused-ring (bicyclic) bond motifs is 1. The zero-order valence-corrected chi connectivity index (χ0v) is 13.2. The predicted octanol–water partition coefficient (Wildman–Crippen LogP) is 3.04. The average Bonchev–Trinajstić information content (AvgIpc) is 3.09. The molecule has 3 heterocycles. The Kier molecular flexibility index (Phi) is 4.98. The summed E-state index contributed by atoms with van der Waals surface area (Å²) in [6.45, 7) is 4.11. The van der Waals surface area contributed by atoms with E-state index in [9.17, 15) is 0 Å². The summed E-state index contributed by atoms with van der Waals surface area (Å²) in [5, 5.41) is 13.2. The van der Waals surface area contributed by atoms with Crippen molar-refractivity contribution in [2.24, 2.45) is 0 Å². The molecule has 0 aromatic carbocycles. The second-order valence-electron chi connectivity index (χ2n) is 5.40. The maximum Gasteiger partial charge on any atom is 0.191 e. The van der Waals surface area contributed by atoms with Crippen LogP contribution in [-0.4, -0.2) is 27.1 Å². The summed E-state index contributed by atoms with van der Waals surface area (Å²) in [4.78, 5) is 0. The van der Waals surface area contributed by atoms with E-state index in [2.05, 4.69) is 27.0 Å². The molecule has 1 N–H and O–H groups in total. The molecule has 0 saturated carbocycles. The van der Waals surface area contributed by atoms with Gasteiger partial charge < -0.3 is 14.3 Å². The van der Waals surface area contributed by atoms with Crippen LogP contribution in [-0.2, 0) is 13.0 Å². The van der Waals surface area contributed by atoms with Crippen molar-refractivity contribution in [2.45, 2.75) is 50.4 Å². The van der Waals surface area contributed by atoms with Crippen LogP contribution in [0, 0.1) is 0 Å². The zero-order chi connectivity index (χ0) is 14.5. The molecule has 0 spiro atoms. The Hall–Kier alpha value is -1.27. The Morgan fingerprint density at radius 2 is 2.33 bits per heavy atom. The van der Waals surface area contributed by atoms with Gasteiger partial charge in [0.25, 0.3) is 0 Å². The second kappa shape index (κ2) is 7.13. The largest absolute Gasteiger partial charge is 0.468 e. The Morgan fingerprint density at radius 3 is 3.19 bits per heavy atom. The summed E-state index contributed by atoms with van der Waals surface area (Å²) in [7, 11) is 0. The van der Waals surface area contributed by atoms with Crippen molar-refractivity contribution in [3.8, 4) is 0 Å². The SMILES string of the molecule is CC(NCCSc1nnc2n1CCCCC2)c1ccco1. The average molecular weight is 306 g/mol. The van der Waals surface area contributed by atoms with Gasteiger partial charge in [0.2, 0.25) is 0 Å². The molecule has 1 aliphatic rings. The third-order valence-corrected chi connectivity index (χ3v) is 4.80. The maximum absolute atomic E-state index is 5.39. The minimum Gasteiger partial charge on any atom is -0.468 e. The van der Waals surface area contributed by atoms with Crippen molar-refractivity contribution in [3.63, 3.8) is 0 Å². The monoisotopic (exact) mass is 306 g/mol. The van der Waals surface area contributed by atoms with E-state index in [0.29, 0.717) is 0 Å². The molecule has 0 aliphatic carbocycles. The van der Waals surface area contributed by atoms with E-state index in [1.54, 1.807) is 18.0 Å². The number of nitrogens with zero attached hydrogens (tertiary/aromatic N) is 3. The van der Waals surface area contributed by atoms with Crippen LogP contribution in [0.2, 0.25) is 0 Å². The number of aryl methyl sites for hydroxylation is 1. The van der Waals surface area contributed by atoms with E-state index >= 15 is 0 Å². The Labute approximate surface area is 129 Å². The van der Waals surface area contributed by atoms with Crippen LogP contribution in [0.15, 0.2) is 28.0 Å². The zero-order valence-electron chi connectivity index (χ0n) is 12.4. The van der Waals surface area contributed by atoms with Crippen molar-refractivity contribution in [1.82, 2.24) is 20.1 Å². The fourth-order valence-electron chi connectivity index (χ4n) is 2.62. The van der Waals surface area contributed by atoms with Gasteiger partial charge in [-0.15, -0.1) is 10.2 Å². The minimum absolute atomic E-state index is 0.246. The fraction of sp³-hybridized carbons (Fsp3) is 0.600. The fourth-order valence-corrected chi connectivity index (χ4v) is 3.47. The highest BCUT2D eigenvalue weighted by molar-refractivity contribution is 7.99. The van der Waals surface area contributed by atoms with Crippen molar-refractivity contribution >= 4 is 11.8 Å². The molecule has 6 heteroatoms. The lowest BCUT2D eigenvalue weighted by Crippen LogP contribution is -2.21. The molecule has 1 aliphatic heterocycles. The van der Waals surface area contributed by atoms with Gasteiger partial charge in [-0.1, -0.05) is 18.2 Å². The molecule has 3 rings (SSSR count). The van der Waals surface area contributed by atoms with Crippen molar-refractivity contribution in [3.05, 3.63) is 30.0 Å². The predicted molar refractivity (Wildman–Crippen MR) is 83.4 cm³/mol. The third-order valence-electron chi connectivity index (χ3n) is 3.83. The Morgan fingerprint density at radius 1 is 1.38 bits per heavy atom. The number of hydrogen-bond acceptors (Lipinski definition) is 5. The summed E-state index contributed by atoms with van der Waals surface area (Å²) < 4.78 is 7.69. The van der Waals surface area contributed by atoms with Crippen molar-refractivity contribution in [1.29, 1.82) is 0 Å². The minimum atomic E-state index is 0.246. The number of rotatable bonds is 6. The first kappa shape index (κ1) is 14.7. The van der Waals surface area contributed by atoms with Crippen molar-refractivity contribution in [2.75, 3.05) is 12.3 Å². The van der Waals surface area contributed by atoms with Crippen LogP contribution in [0.25, 0.3) is 0 Å². The lowest BCUT2D eigenvalue weighted by Gasteiger charge is -2.11. The van der Waals surface area contributed by atoms with Gasteiger partial charge in [-0.2, -0.15) is 0 Å². The molecule has 2 aromatic heterocycles. The van der Waals surface area contributed by atoms with E-state index in [1.807, 2.05) is 12.1 Å². The molecule has 1 unspecified atom stereocenters. The molecule has 0 amide bonds. The van der Waals surface area contributed by atoms with Gasteiger partial charge in [0.1, 0.15) is 11.6 Å². The van der Waals surface area contributed by atoms with Crippen LogP contribution < -0.4 is 5.32 Å². The molecular weight excluding hydrogens is 284 g/mol. The highest BCUT2D eigenvalue weighted by Gasteiger charge is 2.15. The van der Waals surface area contributed by atoms with Gasteiger partial charge in [-0.25, -0.2) is 0 Å². The third kappa shape index (κ3) is 3.68. The van der Waals surface area contributed by atoms with Gasteiger partial charge in [0.05, 0.1) is 12.3 Å². The second-order valence-corrected chi connectivity index (χ2v) is 6.46. The van der Waals surface area contributed by atoms with Gasteiger partial charge in [-0.3, -0.25) is 0 Å². The number of nitrogens with one attached hydrogen (secondary N) is 1. The molecule has 0 radical (unpaired) electrons. The Balaban J connectivity index is 1.46. The molecule has 0 saturated heterocycles. The number of furan rings is 1. The van der Waals surface area contributed by atoms with E-state index in [4.69, 9.17) is 4.42 Å². The molecule has 0 fully saturated rings. The van der Waals surface area contributed by atoms with Crippen LogP contribution in [0.5, 0.6) is 0 Å². The highest BCUT2D eigenvalue weighted by atomic mass is 32.2. The van der Waals surface area contributed by atoms with Gasteiger partial charge in [0, 0.05) is 25.3 Å². The standard InChI is InChI=1S/C15H22N4OS/c1-12(13-6-5-10-20-13)16-8-11-21-15-18-17-14-7-3-2-4-9-19(14)15/h5-6,10,12,16H,2-4,7-9,11H2,1H3. The summed E-state index contributed by atoms with van der Waals surface area (Å²) in [6.07, 6.45) is 6.57. The molecule has 21 heavy (non-hydrogen) atoms. The first-order valence-corrected chi connectivity index (χ1v) is 8.65. The smallest absolute Gasteiger partial charge is 0.191 e. The van der Waals surface area contributed by atoms with Crippen LogP contribution >= 0.6 is 11.8 Å². The molecule has 2 aromatic rings. The summed E-state index contributed by atoms with van der Waals surface area (Å²) in [5.41, 5.74) is 0. The normalized spacial score (nSPS) is 16.4. The van der Waals surface area contributed by atoms with E-state index < -0.39 is 0 Å². The number of aromatic nitrogens is 3. The number of hydrogen-bond donors (Lipinski definition) is 1. The molecule has 5 nitrogen and oxygen atoms in total. The first-order chi connectivity index (χ1) is 10.3. The topological polar surface area (TPSA) is 55.9 Å². The quantitative estimate of drug-likeness (QED) is 0.656. The highest BCUT2D eigenvalue weighted by Crippen LogP contribution is 2.21. The first-order valence-electron chi connectivity index (χ1n) is 7.66. The van der Waals surface area contributed by atoms with Crippen LogP contribution in [0.3, 0.4) is 0 Å². The lowest BCUT2D eigenvalue weighted by atomic mass is 10.2. The van der Waals surface area contributed by atoms with E-state index in [-0.39, 0.29) is 6.04 Å². The lowest BCUT2D eigenvalue weighted by molar-refractivity contribution is 0.438. The van der Waals surface area contributed by atoms with Gasteiger partial charge in [-0.05, 0) is 31.9 Å². The van der Waals surface area contributed by atoms with Crippen LogP contribution in [0.1, 0.15) is 43.8 Å². The van der Waals surface area contributed by atoms with Crippen LogP contribution in [0.4, 0.5) is 0 Å². The molecular formula is C15H22N4OS. The van der Waals surface area contributed by atoms with Gasteiger partial charge >= 0.3 is 0 Å². The van der Waals surface area contributed by atoms with E-state index in [1.165, 1.54) is 19.3 Å². The molecule has 114 valence electrons. The summed E-state index contributed by atoms with van der Waals surface area (Å²) in [6, 6.07) is 4.17. The Bertz CT molecular complexity index is 552. The number of thioether (sulfide) groups is 1. The summed E-state index contributed by atoms with van der Waals surface area (Å²) in [5.74, 6) is 3.13. The van der Waals surface area contributed by atoms with Crippen molar-refractivity contribution < 1.29 is 4.42 Å². The van der Waals surface area contributed by atoms with E-state index in [0.717, 1.165) is 42.0 Å². The molecule has 0 bridgehead atoms. The van der Waals surface area contributed by atoms with Gasteiger partial charge in [0.15, 0.2) is 5.16 Å². The summed E-state index contributed by atoms with van der Waals surface area (Å²) >= 11 is 1.79. The molecule has 1 atom stereocenters.